The zero-order valence-corrected chi connectivity index (χ0v) is 24.0. The third-order valence-electron chi connectivity index (χ3n) is 6.70. The summed E-state index contributed by atoms with van der Waals surface area (Å²) in [4.78, 5) is 14.9. The molecule has 0 aromatic heterocycles. The molecule has 35 heavy (non-hydrogen) atoms. The van der Waals surface area contributed by atoms with E-state index in [1.807, 2.05) is 23.1 Å². The molecule has 7 nitrogen and oxygen atoms in total. The third-order valence-corrected chi connectivity index (χ3v) is 6.70. The molecule has 0 radical (unpaired) electrons. The van der Waals surface area contributed by atoms with E-state index in [1.165, 1.54) is 11.1 Å². The molecule has 0 unspecified atom stereocenters. The molecule has 2 aromatic carbocycles. The molecular formula is C27H39IN2O5. The quantitative estimate of drug-likeness (QED) is 0.277. The van der Waals surface area contributed by atoms with Crippen molar-refractivity contribution in [3.05, 3.63) is 47.0 Å². The molecule has 1 amide bonds. The number of benzene rings is 2. The maximum atomic E-state index is 12.9. The van der Waals surface area contributed by atoms with E-state index in [4.69, 9.17) is 18.9 Å². The predicted octanol–water partition coefficient (Wildman–Crippen LogP) is 0.361. The van der Waals surface area contributed by atoms with Gasteiger partial charge < -0.3 is 52.3 Å². The fourth-order valence-electron chi connectivity index (χ4n) is 4.52. The monoisotopic (exact) mass is 598 g/mol. The first-order valence-corrected chi connectivity index (χ1v) is 11.8. The summed E-state index contributed by atoms with van der Waals surface area (Å²) in [5, 5.41) is 0. The van der Waals surface area contributed by atoms with Gasteiger partial charge in [-0.05, 0) is 47.4 Å². The number of carbonyl (C=O) groups excluding carboxylic acids is 1. The highest BCUT2D eigenvalue weighted by molar-refractivity contribution is 5.80. The Hall–Kier alpha value is -2.20. The van der Waals surface area contributed by atoms with Gasteiger partial charge in [-0.2, -0.15) is 0 Å². The molecular weight excluding hydrogens is 559 g/mol. The number of likely N-dealkylation sites (N-methyl/N-ethyl adjacent to an activating group) is 1. The van der Waals surface area contributed by atoms with Gasteiger partial charge in [0.15, 0.2) is 23.0 Å². The molecule has 0 spiro atoms. The zero-order chi connectivity index (χ0) is 24.7. The number of methoxy groups -OCH3 is 4. The molecule has 3 rings (SSSR count). The average molecular weight is 599 g/mol. The van der Waals surface area contributed by atoms with Gasteiger partial charge in [-0.3, -0.25) is 4.79 Å². The second-order valence-electron chi connectivity index (χ2n) is 9.46. The normalized spacial score (nSPS) is 13.4. The number of hydrogen-bond donors (Lipinski definition) is 0. The minimum Gasteiger partial charge on any atom is -1.00 e. The van der Waals surface area contributed by atoms with Crippen molar-refractivity contribution in [2.45, 2.75) is 25.7 Å². The van der Waals surface area contributed by atoms with Crippen LogP contribution in [0.25, 0.3) is 0 Å². The van der Waals surface area contributed by atoms with Crippen LogP contribution in [0.15, 0.2) is 30.3 Å². The number of rotatable bonds is 11. The van der Waals surface area contributed by atoms with Crippen LogP contribution in [0.5, 0.6) is 23.0 Å². The van der Waals surface area contributed by atoms with Gasteiger partial charge in [0.2, 0.25) is 5.91 Å². The molecule has 0 saturated heterocycles. The van der Waals surface area contributed by atoms with Crippen LogP contribution in [0.1, 0.15) is 23.1 Å². The zero-order valence-electron chi connectivity index (χ0n) is 21.9. The van der Waals surface area contributed by atoms with Gasteiger partial charge >= 0.3 is 0 Å². The number of halogens is 1. The van der Waals surface area contributed by atoms with Crippen molar-refractivity contribution >= 4 is 5.91 Å². The Kier molecular flexibility index (Phi) is 11.0. The van der Waals surface area contributed by atoms with Gasteiger partial charge in [-0.1, -0.05) is 6.07 Å². The van der Waals surface area contributed by atoms with Crippen molar-refractivity contribution < 1.29 is 52.2 Å². The molecule has 8 heteroatoms. The fraction of sp³-hybridized carbons (Fsp3) is 0.519. The van der Waals surface area contributed by atoms with Crippen LogP contribution in [0.4, 0.5) is 0 Å². The summed E-state index contributed by atoms with van der Waals surface area (Å²) in [6, 6.07) is 10.1. The Labute approximate surface area is 226 Å². The SMILES string of the molecule is COc1ccc(CC[N+](C)(C)CCCN2CCc3cc(OC)c(OC)cc3CC2=O)cc1OC.[I-]. The van der Waals surface area contributed by atoms with Crippen molar-refractivity contribution in [2.24, 2.45) is 0 Å². The predicted molar refractivity (Wildman–Crippen MR) is 133 cm³/mol. The number of amides is 1. The maximum absolute atomic E-state index is 12.9. The molecule has 1 aliphatic heterocycles. The summed E-state index contributed by atoms with van der Waals surface area (Å²) in [5.74, 6) is 3.09. The van der Waals surface area contributed by atoms with E-state index in [-0.39, 0.29) is 29.9 Å². The first-order chi connectivity index (χ1) is 16.3. The highest BCUT2D eigenvalue weighted by Gasteiger charge is 2.23. The van der Waals surface area contributed by atoms with E-state index in [1.54, 1.807) is 28.4 Å². The summed E-state index contributed by atoms with van der Waals surface area (Å²) in [5.41, 5.74) is 3.44. The Bertz CT molecular complexity index is 996. The lowest BCUT2D eigenvalue weighted by Crippen LogP contribution is -3.00. The van der Waals surface area contributed by atoms with E-state index in [0.29, 0.717) is 12.2 Å². The van der Waals surface area contributed by atoms with Gasteiger partial charge in [0.05, 0.1) is 62.0 Å². The van der Waals surface area contributed by atoms with Gasteiger partial charge in [-0.25, -0.2) is 0 Å². The van der Waals surface area contributed by atoms with E-state index in [0.717, 1.165) is 72.7 Å². The summed E-state index contributed by atoms with van der Waals surface area (Å²) >= 11 is 0. The molecule has 0 saturated carbocycles. The van der Waals surface area contributed by atoms with Crippen LogP contribution >= 0.6 is 0 Å². The van der Waals surface area contributed by atoms with Crippen molar-refractivity contribution in [3.8, 4) is 23.0 Å². The van der Waals surface area contributed by atoms with Crippen molar-refractivity contribution in [2.75, 3.05) is 68.7 Å². The highest BCUT2D eigenvalue weighted by Crippen LogP contribution is 2.32. The number of carbonyl (C=O) groups is 1. The fourth-order valence-corrected chi connectivity index (χ4v) is 4.52. The van der Waals surface area contributed by atoms with Crippen LogP contribution in [0, 0.1) is 0 Å². The number of quaternary nitrogens is 1. The molecule has 0 bridgehead atoms. The van der Waals surface area contributed by atoms with Crippen molar-refractivity contribution in [3.63, 3.8) is 0 Å². The lowest BCUT2D eigenvalue weighted by atomic mass is 10.0. The topological polar surface area (TPSA) is 57.2 Å². The molecule has 0 atom stereocenters. The summed E-state index contributed by atoms with van der Waals surface area (Å²) in [6.45, 7) is 3.53. The summed E-state index contributed by atoms with van der Waals surface area (Å²) in [7, 11) is 11.1. The van der Waals surface area contributed by atoms with Crippen LogP contribution in [0.3, 0.4) is 0 Å². The first kappa shape index (κ1) is 29.0. The van der Waals surface area contributed by atoms with Crippen molar-refractivity contribution in [1.82, 2.24) is 4.90 Å². The summed E-state index contributed by atoms with van der Waals surface area (Å²) in [6.07, 6.45) is 3.16. The standard InChI is InChI=1S/C27H39N2O5.HI/c1-29(2,15-11-20-8-9-23(31-3)24(16-20)32-4)14-7-12-28-13-10-21-17-25(33-5)26(34-6)18-22(21)19-27(28)30;/h8-9,16-18H,7,10-15,19H2,1-6H3;1H/q+1;/p-1. The lowest BCUT2D eigenvalue weighted by molar-refractivity contribution is -0.890. The smallest absolute Gasteiger partial charge is 0.227 e. The number of hydrogen-bond acceptors (Lipinski definition) is 5. The minimum absolute atomic E-state index is 0. The molecule has 1 aliphatic rings. The highest BCUT2D eigenvalue weighted by atomic mass is 127. The first-order valence-electron chi connectivity index (χ1n) is 11.8. The van der Waals surface area contributed by atoms with Crippen LogP contribution in [-0.2, 0) is 24.1 Å². The Balaban J connectivity index is 0.00000432. The second-order valence-corrected chi connectivity index (χ2v) is 9.46. The van der Waals surface area contributed by atoms with E-state index in [2.05, 4.69) is 26.2 Å². The molecule has 0 fully saturated rings. The Morgan fingerprint density at radius 2 is 1.43 bits per heavy atom. The molecule has 194 valence electrons. The van der Waals surface area contributed by atoms with Gasteiger partial charge in [0.1, 0.15) is 0 Å². The van der Waals surface area contributed by atoms with Gasteiger partial charge in [0, 0.05) is 25.9 Å². The maximum Gasteiger partial charge on any atom is 0.227 e. The van der Waals surface area contributed by atoms with Crippen LogP contribution < -0.4 is 42.9 Å². The average Bonchev–Trinajstić information content (AvgIpc) is 2.99. The molecule has 1 heterocycles. The molecule has 2 aromatic rings. The largest absolute Gasteiger partial charge is 1.00 e. The third kappa shape index (κ3) is 7.64. The second kappa shape index (κ2) is 13.2. The van der Waals surface area contributed by atoms with Gasteiger partial charge in [-0.15, -0.1) is 0 Å². The molecule has 0 N–H and O–H groups in total. The van der Waals surface area contributed by atoms with Crippen LogP contribution in [-0.4, -0.2) is 84.0 Å². The van der Waals surface area contributed by atoms with Crippen molar-refractivity contribution in [1.29, 1.82) is 0 Å². The number of nitrogens with zero attached hydrogens (tertiary/aromatic N) is 2. The Morgan fingerprint density at radius 1 is 0.829 bits per heavy atom. The lowest BCUT2D eigenvalue weighted by Gasteiger charge is -2.31. The van der Waals surface area contributed by atoms with Crippen LogP contribution in [0.2, 0.25) is 0 Å². The summed E-state index contributed by atoms with van der Waals surface area (Å²) < 4.78 is 22.5. The number of ether oxygens (including phenoxy) is 4. The Morgan fingerprint density at radius 3 is 2.06 bits per heavy atom. The van der Waals surface area contributed by atoms with E-state index >= 15 is 0 Å². The van der Waals surface area contributed by atoms with Gasteiger partial charge in [0.25, 0.3) is 0 Å². The molecule has 0 aliphatic carbocycles. The van der Waals surface area contributed by atoms with E-state index in [9.17, 15) is 4.79 Å². The van der Waals surface area contributed by atoms with E-state index < -0.39 is 0 Å². The number of fused-ring (bicyclic) bond motifs is 1. The minimum atomic E-state index is 0.